The van der Waals surface area contributed by atoms with E-state index in [2.05, 4.69) is 0 Å². The Hall–Kier alpha value is -2.87. The van der Waals surface area contributed by atoms with Crippen molar-refractivity contribution >= 4 is 5.78 Å². The zero-order valence-corrected chi connectivity index (χ0v) is 14.3. The Morgan fingerprint density at radius 3 is 2.50 bits per heavy atom. The monoisotopic (exact) mass is 324 g/mol. The summed E-state index contributed by atoms with van der Waals surface area (Å²) in [6.45, 7) is 6.95. The Morgan fingerprint density at radius 2 is 1.96 bits per heavy atom. The first-order chi connectivity index (χ1) is 11.3. The molecule has 0 bridgehead atoms. The number of benzene rings is 1. The Labute approximate surface area is 140 Å². The number of ketones is 1. The predicted molar refractivity (Wildman–Crippen MR) is 91.4 cm³/mol. The van der Waals surface area contributed by atoms with E-state index in [1.54, 1.807) is 32.0 Å². The van der Waals surface area contributed by atoms with Gasteiger partial charge in [0.1, 0.15) is 11.6 Å². The number of carbonyl (C=O) groups is 1. The van der Waals surface area contributed by atoms with Gasteiger partial charge in [0, 0.05) is 11.6 Å². The average Bonchev–Trinajstić information content (AvgIpc) is 2.55. The molecule has 1 aromatic heterocycles. The fourth-order valence-electron chi connectivity index (χ4n) is 2.75. The zero-order valence-electron chi connectivity index (χ0n) is 14.3. The van der Waals surface area contributed by atoms with E-state index in [-0.39, 0.29) is 28.6 Å². The van der Waals surface area contributed by atoms with Crippen molar-refractivity contribution in [2.75, 3.05) is 0 Å². The fraction of sp³-hybridized carbons (Fsp3) is 0.316. The van der Waals surface area contributed by atoms with Crippen LogP contribution in [0, 0.1) is 25.2 Å². The molecule has 0 radical (unpaired) electrons. The lowest BCUT2D eigenvalue weighted by Gasteiger charge is -2.20. The van der Waals surface area contributed by atoms with E-state index < -0.39 is 11.3 Å². The van der Waals surface area contributed by atoms with E-state index in [0.717, 1.165) is 10.1 Å². The van der Waals surface area contributed by atoms with Gasteiger partial charge in [-0.1, -0.05) is 31.2 Å². The molecule has 0 aliphatic heterocycles. The third-order valence-electron chi connectivity index (χ3n) is 4.39. The molecule has 1 unspecified atom stereocenters. The quantitative estimate of drug-likeness (QED) is 0.875. The molecule has 1 atom stereocenters. The number of nitriles is 1. The lowest BCUT2D eigenvalue weighted by atomic mass is 9.94. The van der Waals surface area contributed by atoms with Crippen molar-refractivity contribution in [3.8, 4) is 11.9 Å². The topological polar surface area (TPSA) is 83.1 Å². The molecular weight excluding hydrogens is 304 g/mol. The SMILES string of the molecule is CCC(C)n1c(O)c(C(=O)c2ccccc2C)c(C)c(C#N)c1=O. The van der Waals surface area contributed by atoms with Crippen molar-refractivity contribution in [1.82, 2.24) is 4.57 Å². The number of aromatic nitrogens is 1. The van der Waals surface area contributed by atoms with Crippen molar-refractivity contribution in [3.05, 3.63) is 62.4 Å². The molecule has 0 aliphatic carbocycles. The zero-order chi connectivity index (χ0) is 18.0. The van der Waals surface area contributed by atoms with Crippen molar-refractivity contribution < 1.29 is 9.90 Å². The first-order valence-corrected chi connectivity index (χ1v) is 7.83. The summed E-state index contributed by atoms with van der Waals surface area (Å²) in [7, 11) is 0. The normalized spacial score (nSPS) is 11.8. The van der Waals surface area contributed by atoms with Crippen molar-refractivity contribution in [3.63, 3.8) is 0 Å². The van der Waals surface area contributed by atoms with Gasteiger partial charge in [-0.05, 0) is 38.3 Å². The molecule has 1 N–H and O–H groups in total. The number of aromatic hydroxyl groups is 1. The van der Waals surface area contributed by atoms with E-state index in [1.807, 2.05) is 19.1 Å². The molecule has 0 aliphatic rings. The van der Waals surface area contributed by atoms with Crippen molar-refractivity contribution in [2.24, 2.45) is 0 Å². The molecule has 0 spiro atoms. The summed E-state index contributed by atoms with van der Waals surface area (Å²) in [4.78, 5) is 25.5. The molecule has 1 heterocycles. The second-order valence-electron chi connectivity index (χ2n) is 5.89. The molecule has 0 amide bonds. The summed E-state index contributed by atoms with van der Waals surface area (Å²) in [6.07, 6.45) is 0.583. The van der Waals surface area contributed by atoms with Crippen molar-refractivity contribution in [1.29, 1.82) is 5.26 Å². The van der Waals surface area contributed by atoms with Crippen LogP contribution >= 0.6 is 0 Å². The Bertz CT molecular complexity index is 904. The van der Waals surface area contributed by atoms with Crippen LogP contribution in [-0.4, -0.2) is 15.5 Å². The summed E-state index contributed by atoms with van der Waals surface area (Å²) in [5.74, 6) is -0.768. The standard InChI is InChI=1S/C19H20N2O3/c1-5-12(3)21-18(23)15(10-20)13(4)16(19(21)24)17(22)14-9-7-6-8-11(14)2/h6-9,12,24H,5H2,1-4H3. The van der Waals surface area contributed by atoms with Crippen LogP contribution in [0.1, 0.15) is 58.9 Å². The van der Waals surface area contributed by atoms with Gasteiger partial charge in [-0.15, -0.1) is 0 Å². The molecule has 24 heavy (non-hydrogen) atoms. The minimum absolute atomic E-state index is 0.0146. The van der Waals surface area contributed by atoms with E-state index in [9.17, 15) is 20.0 Å². The number of carbonyl (C=O) groups excluding carboxylic acids is 1. The van der Waals surface area contributed by atoms with Crippen LogP contribution in [0.4, 0.5) is 0 Å². The van der Waals surface area contributed by atoms with Crippen LogP contribution in [0.15, 0.2) is 29.1 Å². The summed E-state index contributed by atoms with van der Waals surface area (Å²) in [6, 6.07) is 8.58. The van der Waals surface area contributed by atoms with Crippen LogP contribution < -0.4 is 5.56 Å². The van der Waals surface area contributed by atoms with Crippen molar-refractivity contribution in [2.45, 2.75) is 40.2 Å². The number of pyridine rings is 1. The maximum Gasteiger partial charge on any atom is 0.271 e. The Morgan fingerprint density at radius 1 is 1.33 bits per heavy atom. The van der Waals surface area contributed by atoms with Gasteiger partial charge in [-0.25, -0.2) is 0 Å². The van der Waals surface area contributed by atoms with Gasteiger partial charge < -0.3 is 5.11 Å². The molecule has 124 valence electrons. The first kappa shape index (κ1) is 17.5. The van der Waals surface area contributed by atoms with Gasteiger partial charge >= 0.3 is 0 Å². The van der Waals surface area contributed by atoms with E-state index >= 15 is 0 Å². The molecule has 2 aromatic rings. The van der Waals surface area contributed by atoms with Gasteiger partial charge in [0.15, 0.2) is 5.78 Å². The lowest BCUT2D eigenvalue weighted by molar-refractivity contribution is 0.103. The lowest BCUT2D eigenvalue weighted by Crippen LogP contribution is -2.28. The van der Waals surface area contributed by atoms with Crippen LogP contribution in [0.3, 0.4) is 0 Å². The first-order valence-electron chi connectivity index (χ1n) is 7.83. The molecule has 0 saturated heterocycles. The van der Waals surface area contributed by atoms with E-state index in [1.165, 1.54) is 6.92 Å². The van der Waals surface area contributed by atoms with Gasteiger partial charge in [0.05, 0.1) is 5.56 Å². The second kappa shape index (κ2) is 6.71. The molecule has 0 fully saturated rings. The average molecular weight is 324 g/mol. The largest absolute Gasteiger partial charge is 0.494 e. The smallest absolute Gasteiger partial charge is 0.271 e. The molecular formula is C19H20N2O3. The highest BCUT2D eigenvalue weighted by Crippen LogP contribution is 2.28. The van der Waals surface area contributed by atoms with Crippen LogP contribution in [0.25, 0.3) is 0 Å². The van der Waals surface area contributed by atoms with Gasteiger partial charge in [0.25, 0.3) is 5.56 Å². The summed E-state index contributed by atoms with van der Waals surface area (Å²) < 4.78 is 1.14. The Balaban J connectivity index is 2.85. The highest BCUT2D eigenvalue weighted by molar-refractivity contribution is 6.12. The van der Waals surface area contributed by atoms with Crippen LogP contribution in [0.5, 0.6) is 5.88 Å². The summed E-state index contributed by atoms with van der Waals surface area (Å²) in [5, 5.41) is 20.0. The maximum atomic E-state index is 13.0. The number of aryl methyl sites for hydroxylation is 1. The minimum Gasteiger partial charge on any atom is -0.494 e. The van der Waals surface area contributed by atoms with Crippen LogP contribution in [0.2, 0.25) is 0 Å². The molecule has 2 rings (SSSR count). The molecule has 1 aromatic carbocycles. The highest BCUT2D eigenvalue weighted by Gasteiger charge is 2.26. The molecule has 5 nitrogen and oxygen atoms in total. The van der Waals surface area contributed by atoms with Gasteiger partial charge in [-0.2, -0.15) is 5.26 Å². The third-order valence-corrected chi connectivity index (χ3v) is 4.39. The predicted octanol–water partition coefficient (Wildman–Crippen LogP) is 3.24. The summed E-state index contributed by atoms with van der Waals surface area (Å²) >= 11 is 0. The number of nitrogens with zero attached hydrogens (tertiary/aromatic N) is 2. The number of hydrogen-bond donors (Lipinski definition) is 1. The maximum absolute atomic E-state index is 13.0. The van der Waals surface area contributed by atoms with E-state index in [4.69, 9.17) is 0 Å². The molecule has 5 heteroatoms. The second-order valence-corrected chi connectivity index (χ2v) is 5.89. The highest BCUT2D eigenvalue weighted by atomic mass is 16.3. The molecule has 0 saturated carbocycles. The minimum atomic E-state index is -0.566. The fourth-order valence-corrected chi connectivity index (χ4v) is 2.75. The Kier molecular flexibility index (Phi) is 4.89. The summed E-state index contributed by atoms with van der Waals surface area (Å²) in [5.41, 5.74) is 0.761. The van der Waals surface area contributed by atoms with Crippen LogP contribution in [-0.2, 0) is 0 Å². The third kappa shape index (κ3) is 2.71. The van der Waals surface area contributed by atoms with E-state index in [0.29, 0.717) is 12.0 Å². The number of rotatable bonds is 4. The number of hydrogen-bond acceptors (Lipinski definition) is 4. The van der Waals surface area contributed by atoms with Gasteiger partial charge in [0.2, 0.25) is 5.88 Å². The van der Waals surface area contributed by atoms with Gasteiger partial charge in [-0.3, -0.25) is 14.2 Å².